The summed E-state index contributed by atoms with van der Waals surface area (Å²) in [6.45, 7) is 9.07. The molecule has 1 aromatic rings. The highest BCUT2D eigenvalue weighted by Crippen LogP contribution is 2.26. The fourth-order valence-electron chi connectivity index (χ4n) is 1.68. The van der Waals surface area contributed by atoms with Crippen LogP contribution in [0.4, 0.5) is 0 Å². The van der Waals surface area contributed by atoms with Crippen LogP contribution in [0.1, 0.15) is 49.8 Å². The normalized spacial score (nSPS) is 13.2. The van der Waals surface area contributed by atoms with Crippen LogP contribution in [0.3, 0.4) is 0 Å². The molecule has 1 unspecified atom stereocenters. The molecule has 1 rings (SSSR count). The first-order chi connectivity index (χ1) is 8.55. The maximum atomic E-state index is 12.1. The first-order valence-electron chi connectivity index (χ1n) is 6.03. The molecule has 0 aliphatic rings. The maximum Gasteiger partial charge on any atom is 0.326 e. The van der Waals surface area contributed by atoms with Crippen molar-refractivity contribution in [3.05, 3.63) is 17.3 Å². The fraction of sp³-hybridized carbons (Fsp3) is 0.615. The third kappa shape index (κ3) is 3.13. The number of nitrogens with zero attached hydrogens (tertiary/aromatic N) is 2. The number of oxazole rings is 1. The lowest BCUT2D eigenvalue weighted by Crippen LogP contribution is -2.40. The summed E-state index contributed by atoms with van der Waals surface area (Å²) in [6.07, 6.45) is 0. The Bertz CT molecular complexity index is 499. The van der Waals surface area contributed by atoms with Crippen molar-refractivity contribution in [3.8, 4) is 0 Å². The Morgan fingerprint density at radius 3 is 2.26 bits per heavy atom. The standard InChI is InChI=1S/C13H20N2O4/c1-7-9(13(3,4)5)19-10(14-7)11(16)15(6)8(2)12(17)18/h8H,1-6H3,(H,17,18). The zero-order valence-corrected chi connectivity index (χ0v) is 12.1. The predicted molar refractivity (Wildman–Crippen MR) is 69.1 cm³/mol. The van der Waals surface area contributed by atoms with Gasteiger partial charge in [0.25, 0.3) is 5.89 Å². The Balaban J connectivity index is 3.05. The molecule has 6 heteroatoms. The van der Waals surface area contributed by atoms with E-state index in [4.69, 9.17) is 9.52 Å². The van der Waals surface area contributed by atoms with Crippen LogP contribution in [0, 0.1) is 6.92 Å². The van der Waals surface area contributed by atoms with Gasteiger partial charge in [-0.15, -0.1) is 0 Å². The van der Waals surface area contributed by atoms with E-state index in [2.05, 4.69) is 4.98 Å². The van der Waals surface area contributed by atoms with Gasteiger partial charge in [0.15, 0.2) is 0 Å². The highest BCUT2D eigenvalue weighted by Gasteiger charge is 2.29. The number of rotatable bonds is 3. The number of carbonyl (C=O) groups is 2. The quantitative estimate of drug-likeness (QED) is 0.904. The van der Waals surface area contributed by atoms with Crippen LogP contribution in [-0.4, -0.2) is 40.0 Å². The third-order valence-corrected chi connectivity index (χ3v) is 2.92. The Kier molecular flexibility index (Phi) is 4.03. The summed E-state index contributed by atoms with van der Waals surface area (Å²) in [5.41, 5.74) is 0.388. The second kappa shape index (κ2) is 5.03. The van der Waals surface area contributed by atoms with E-state index in [0.717, 1.165) is 4.90 Å². The zero-order valence-electron chi connectivity index (χ0n) is 12.1. The molecule has 0 aromatic carbocycles. The molecule has 0 saturated heterocycles. The smallest absolute Gasteiger partial charge is 0.326 e. The van der Waals surface area contributed by atoms with Crippen molar-refractivity contribution in [2.45, 2.75) is 46.1 Å². The molecule has 0 fully saturated rings. The first kappa shape index (κ1) is 15.2. The highest BCUT2D eigenvalue weighted by molar-refractivity contribution is 5.92. The fourth-order valence-corrected chi connectivity index (χ4v) is 1.68. The van der Waals surface area contributed by atoms with E-state index in [1.54, 1.807) is 6.92 Å². The summed E-state index contributed by atoms with van der Waals surface area (Å²) in [4.78, 5) is 28.1. The molecule has 0 radical (unpaired) electrons. The molecule has 1 heterocycles. The lowest BCUT2D eigenvalue weighted by molar-refractivity contribution is -0.141. The Labute approximate surface area is 112 Å². The SMILES string of the molecule is Cc1nc(C(=O)N(C)C(C)C(=O)O)oc1C(C)(C)C. The molecule has 0 aliphatic carbocycles. The number of carboxylic acids is 1. The summed E-state index contributed by atoms with van der Waals surface area (Å²) in [6, 6.07) is -0.933. The molecule has 6 nitrogen and oxygen atoms in total. The van der Waals surface area contributed by atoms with E-state index in [-0.39, 0.29) is 11.3 Å². The average Bonchev–Trinajstić information content (AvgIpc) is 2.67. The van der Waals surface area contributed by atoms with Gasteiger partial charge < -0.3 is 14.4 Å². The van der Waals surface area contributed by atoms with Crippen LogP contribution in [-0.2, 0) is 10.2 Å². The molecule has 0 bridgehead atoms. The van der Waals surface area contributed by atoms with Crippen molar-refractivity contribution in [1.29, 1.82) is 0 Å². The molecule has 106 valence electrons. The maximum absolute atomic E-state index is 12.1. The lowest BCUT2D eigenvalue weighted by atomic mass is 9.92. The second-order valence-electron chi connectivity index (χ2n) is 5.61. The minimum atomic E-state index is -1.07. The monoisotopic (exact) mass is 268 g/mol. The van der Waals surface area contributed by atoms with Crippen LogP contribution in [0.15, 0.2) is 4.42 Å². The summed E-state index contributed by atoms with van der Waals surface area (Å²) >= 11 is 0. The molecule has 1 amide bonds. The van der Waals surface area contributed by atoms with Gasteiger partial charge in [-0.05, 0) is 13.8 Å². The Morgan fingerprint density at radius 2 is 1.89 bits per heavy atom. The van der Waals surface area contributed by atoms with Gasteiger partial charge in [0.2, 0.25) is 0 Å². The number of likely N-dealkylation sites (N-methyl/N-ethyl adjacent to an activating group) is 1. The minimum Gasteiger partial charge on any atom is -0.480 e. The van der Waals surface area contributed by atoms with Gasteiger partial charge in [0.1, 0.15) is 11.8 Å². The average molecular weight is 268 g/mol. The minimum absolute atomic E-state index is 0.0713. The number of hydrogen-bond donors (Lipinski definition) is 1. The molecule has 1 aromatic heterocycles. The zero-order chi connectivity index (χ0) is 15.0. The summed E-state index contributed by atoms with van der Waals surface area (Å²) in [5, 5.41) is 8.89. The second-order valence-corrected chi connectivity index (χ2v) is 5.61. The van der Waals surface area contributed by atoms with Gasteiger partial charge in [-0.1, -0.05) is 20.8 Å². The molecule has 1 atom stereocenters. The number of amides is 1. The highest BCUT2D eigenvalue weighted by atomic mass is 16.4. The van der Waals surface area contributed by atoms with Crippen LogP contribution in [0.2, 0.25) is 0 Å². The van der Waals surface area contributed by atoms with Gasteiger partial charge in [0, 0.05) is 12.5 Å². The van der Waals surface area contributed by atoms with E-state index >= 15 is 0 Å². The number of aliphatic carboxylic acids is 1. The molecule has 0 spiro atoms. The number of aryl methyl sites for hydroxylation is 1. The number of hydrogen-bond acceptors (Lipinski definition) is 4. The molecule has 19 heavy (non-hydrogen) atoms. The van der Waals surface area contributed by atoms with E-state index in [0.29, 0.717) is 11.5 Å². The third-order valence-electron chi connectivity index (χ3n) is 2.92. The van der Waals surface area contributed by atoms with Crippen molar-refractivity contribution in [3.63, 3.8) is 0 Å². The van der Waals surface area contributed by atoms with Crippen molar-refractivity contribution >= 4 is 11.9 Å². The van der Waals surface area contributed by atoms with Crippen molar-refractivity contribution < 1.29 is 19.1 Å². The van der Waals surface area contributed by atoms with Crippen LogP contribution in [0.25, 0.3) is 0 Å². The van der Waals surface area contributed by atoms with Crippen LogP contribution < -0.4 is 0 Å². The van der Waals surface area contributed by atoms with Gasteiger partial charge in [-0.25, -0.2) is 9.78 Å². The van der Waals surface area contributed by atoms with Gasteiger partial charge in [0.05, 0.1) is 5.69 Å². The van der Waals surface area contributed by atoms with E-state index < -0.39 is 17.9 Å². The molecule has 0 aliphatic heterocycles. The topological polar surface area (TPSA) is 83.6 Å². The van der Waals surface area contributed by atoms with E-state index in [9.17, 15) is 9.59 Å². The molecule has 0 saturated carbocycles. The van der Waals surface area contributed by atoms with Gasteiger partial charge in [-0.2, -0.15) is 0 Å². The molecular formula is C13H20N2O4. The number of carbonyl (C=O) groups excluding carboxylic acids is 1. The van der Waals surface area contributed by atoms with Gasteiger partial charge >= 0.3 is 11.9 Å². The number of aromatic nitrogens is 1. The largest absolute Gasteiger partial charge is 0.480 e. The first-order valence-corrected chi connectivity index (χ1v) is 6.03. The summed E-state index contributed by atoms with van der Waals surface area (Å²) < 4.78 is 5.50. The Hall–Kier alpha value is -1.85. The molecule has 1 N–H and O–H groups in total. The summed E-state index contributed by atoms with van der Waals surface area (Å²) in [7, 11) is 1.41. The summed E-state index contributed by atoms with van der Waals surface area (Å²) in [5.74, 6) is -1.05. The molecular weight excluding hydrogens is 248 g/mol. The van der Waals surface area contributed by atoms with E-state index in [1.807, 2.05) is 20.8 Å². The lowest BCUT2D eigenvalue weighted by Gasteiger charge is -2.19. The predicted octanol–water partition coefficient (Wildman–Crippen LogP) is 1.83. The van der Waals surface area contributed by atoms with Crippen LogP contribution in [0.5, 0.6) is 0 Å². The van der Waals surface area contributed by atoms with Crippen LogP contribution >= 0.6 is 0 Å². The number of carboxylic acid groups (broad SMARTS) is 1. The van der Waals surface area contributed by atoms with E-state index in [1.165, 1.54) is 14.0 Å². The van der Waals surface area contributed by atoms with Crippen molar-refractivity contribution in [1.82, 2.24) is 9.88 Å². The van der Waals surface area contributed by atoms with Crippen molar-refractivity contribution in [2.75, 3.05) is 7.05 Å². The Morgan fingerprint density at radius 1 is 1.37 bits per heavy atom. The van der Waals surface area contributed by atoms with Crippen molar-refractivity contribution in [2.24, 2.45) is 0 Å². The van der Waals surface area contributed by atoms with Gasteiger partial charge in [-0.3, -0.25) is 4.79 Å².